The molecule has 192 valence electrons. The van der Waals surface area contributed by atoms with Gasteiger partial charge < -0.3 is 25.6 Å². The molecule has 1 atom stereocenters. The van der Waals surface area contributed by atoms with E-state index >= 15 is 0 Å². The van der Waals surface area contributed by atoms with Crippen molar-refractivity contribution < 1.29 is 9.90 Å². The molecule has 4 N–H and O–H groups in total. The third kappa shape index (κ3) is 5.42. The maximum Gasteiger partial charge on any atom is 0.323 e. The first-order valence-electron chi connectivity index (χ1n) is 12.7. The Morgan fingerprint density at radius 1 is 1.11 bits per heavy atom. The van der Waals surface area contributed by atoms with E-state index < -0.39 is 0 Å². The number of β-amino-alcohol motifs (C(OH)–C–C–N with tert-alkyl or cyclic N) is 1. The molecule has 4 aromatic rings. The van der Waals surface area contributed by atoms with Gasteiger partial charge in [0.05, 0.1) is 18.0 Å². The van der Waals surface area contributed by atoms with Crippen LogP contribution in [0, 0.1) is 0 Å². The van der Waals surface area contributed by atoms with Gasteiger partial charge in [-0.3, -0.25) is 4.90 Å². The Morgan fingerprint density at radius 2 is 1.97 bits per heavy atom. The Balaban J connectivity index is 1.35. The average Bonchev–Trinajstić information content (AvgIpc) is 3.39. The molecule has 2 aromatic carbocycles. The number of fused-ring (bicyclic) bond motifs is 1. The van der Waals surface area contributed by atoms with Crippen LogP contribution < -0.4 is 15.5 Å². The summed E-state index contributed by atoms with van der Waals surface area (Å²) < 4.78 is 0. The maximum absolute atomic E-state index is 12.9. The lowest BCUT2D eigenvalue weighted by molar-refractivity contribution is 0.137. The number of carbonyl (C=O) groups excluding carboxylic acids is 1. The van der Waals surface area contributed by atoms with Crippen LogP contribution in [-0.2, 0) is 0 Å². The summed E-state index contributed by atoms with van der Waals surface area (Å²) in [6.45, 7) is 7.16. The number of benzene rings is 2. The van der Waals surface area contributed by atoms with E-state index in [9.17, 15) is 9.90 Å². The van der Waals surface area contributed by atoms with Crippen molar-refractivity contribution >= 4 is 34.3 Å². The Hall–Kier alpha value is -3.95. The van der Waals surface area contributed by atoms with Crippen molar-refractivity contribution in [2.45, 2.75) is 25.8 Å². The van der Waals surface area contributed by atoms with E-state index in [0.29, 0.717) is 24.7 Å². The molecule has 1 fully saturated rings. The lowest BCUT2D eigenvalue weighted by Gasteiger charge is -2.42. The predicted molar refractivity (Wildman–Crippen MR) is 147 cm³/mol. The van der Waals surface area contributed by atoms with Gasteiger partial charge in [0, 0.05) is 43.8 Å². The van der Waals surface area contributed by atoms with Crippen molar-refractivity contribution in [1.29, 1.82) is 0 Å². The number of piperazine rings is 1. The second-order valence-electron chi connectivity index (χ2n) is 9.61. The van der Waals surface area contributed by atoms with Crippen molar-refractivity contribution in [2.24, 2.45) is 0 Å². The highest BCUT2D eigenvalue weighted by atomic mass is 16.3. The predicted octanol–water partition coefficient (Wildman–Crippen LogP) is 4.58. The van der Waals surface area contributed by atoms with Gasteiger partial charge >= 0.3 is 6.03 Å². The molecule has 37 heavy (non-hydrogen) atoms. The number of hydrogen-bond acceptors (Lipinski definition) is 6. The number of hydrogen-bond donors (Lipinski definition) is 4. The summed E-state index contributed by atoms with van der Waals surface area (Å²) in [6.07, 6.45) is 3.46. The number of para-hydroxylation sites is 1. The van der Waals surface area contributed by atoms with Crippen molar-refractivity contribution in [3.05, 3.63) is 78.2 Å². The monoisotopic (exact) mass is 499 g/mol. The van der Waals surface area contributed by atoms with Gasteiger partial charge in [-0.15, -0.1) is 0 Å². The van der Waals surface area contributed by atoms with Crippen LogP contribution >= 0.6 is 0 Å². The standard InChI is InChI=1S/C28H33N7O2/c1-19(2)22-8-3-4-9-24(22)33-28(37)32-21-7-5-6-20(16-21)25-17-35(13-12-34(25)14-15-36)27-23-10-11-29-26(23)30-18-31-27/h3-11,16,18-19,25,36H,12-15,17H2,1-2H3,(H,29,30,31)(H2,32,33,37). The van der Waals surface area contributed by atoms with Crippen LogP contribution in [0.2, 0.25) is 0 Å². The number of urea groups is 1. The van der Waals surface area contributed by atoms with Gasteiger partial charge in [0.15, 0.2) is 0 Å². The fourth-order valence-corrected chi connectivity index (χ4v) is 5.06. The Kier molecular flexibility index (Phi) is 7.34. The second kappa shape index (κ2) is 11.0. The molecule has 5 rings (SSSR count). The van der Waals surface area contributed by atoms with Crippen LogP contribution in [-0.4, -0.2) is 63.8 Å². The van der Waals surface area contributed by atoms with E-state index in [1.165, 1.54) is 0 Å². The summed E-state index contributed by atoms with van der Waals surface area (Å²) >= 11 is 0. The number of H-pyrrole nitrogens is 1. The maximum atomic E-state index is 12.9. The minimum absolute atomic E-state index is 0.0244. The molecular formula is C28H33N7O2. The zero-order chi connectivity index (χ0) is 25.8. The first-order chi connectivity index (χ1) is 18.0. The fourth-order valence-electron chi connectivity index (χ4n) is 5.06. The minimum atomic E-state index is -0.279. The SMILES string of the molecule is CC(C)c1ccccc1NC(=O)Nc1cccc(C2CN(c3ncnc4[nH]ccc34)CCN2CCO)c1. The molecule has 9 heteroatoms. The number of nitrogens with one attached hydrogen (secondary N) is 3. The van der Waals surface area contributed by atoms with Crippen molar-refractivity contribution in [2.75, 3.05) is 48.3 Å². The highest BCUT2D eigenvalue weighted by Crippen LogP contribution is 2.31. The Labute approximate surface area is 216 Å². The van der Waals surface area contributed by atoms with Crippen LogP contribution in [0.25, 0.3) is 11.0 Å². The second-order valence-corrected chi connectivity index (χ2v) is 9.61. The molecule has 2 aromatic heterocycles. The van der Waals surface area contributed by atoms with E-state index in [0.717, 1.165) is 46.8 Å². The third-order valence-electron chi connectivity index (χ3n) is 6.87. The molecule has 1 saturated heterocycles. The van der Waals surface area contributed by atoms with E-state index in [1.807, 2.05) is 54.7 Å². The molecule has 1 aliphatic rings. The fraction of sp³-hybridized carbons (Fsp3) is 0.321. The van der Waals surface area contributed by atoms with E-state index in [-0.39, 0.29) is 18.7 Å². The summed E-state index contributed by atoms with van der Waals surface area (Å²) in [5, 5.41) is 16.7. The molecule has 0 bridgehead atoms. The molecule has 0 aliphatic carbocycles. The lowest BCUT2D eigenvalue weighted by atomic mass is 10.0. The van der Waals surface area contributed by atoms with Gasteiger partial charge in [-0.25, -0.2) is 14.8 Å². The number of aromatic nitrogens is 3. The van der Waals surface area contributed by atoms with Crippen LogP contribution in [0.1, 0.15) is 36.9 Å². The summed E-state index contributed by atoms with van der Waals surface area (Å²) in [5.74, 6) is 1.20. The third-order valence-corrected chi connectivity index (χ3v) is 6.87. The minimum Gasteiger partial charge on any atom is -0.395 e. The number of aliphatic hydroxyl groups excluding tert-OH is 1. The number of anilines is 3. The molecule has 9 nitrogen and oxygen atoms in total. The van der Waals surface area contributed by atoms with Gasteiger partial charge in [0.2, 0.25) is 0 Å². The van der Waals surface area contributed by atoms with E-state index in [1.54, 1.807) is 6.33 Å². The lowest BCUT2D eigenvalue weighted by Crippen LogP contribution is -2.49. The van der Waals surface area contributed by atoms with Crippen molar-refractivity contribution in [3.63, 3.8) is 0 Å². The number of carbonyl (C=O) groups is 1. The summed E-state index contributed by atoms with van der Waals surface area (Å²) in [4.78, 5) is 29.5. The van der Waals surface area contributed by atoms with Gasteiger partial charge in [0.1, 0.15) is 17.8 Å². The zero-order valence-corrected chi connectivity index (χ0v) is 21.2. The van der Waals surface area contributed by atoms with Crippen LogP contribution in [0.3, 0.4) is 0 Å². The first-order valence-corrected chi connectivity index (χ1v) is 12.7. The van der Waals surface area contributed by atoms with Gasteiger partial charge in [-0.05, 0) is 41.3 Å². The largest absolute Gasteiger partial charge is 0.395 e. The zero-order valence-electron chi connectivity index (χ0n) is 21.2. The van der Waals surface area contributed by atoms with Crippen LogP contribution in [0.15, 0.2) is 67.1 Å². The van der Waals surface area contributed by atoms with Crippen molar-refractivity contribution in [1.82, 2.24) is 19.9 Å². The Bertz CT molecular complexity index is 1370. The molecule has 0 spiro atoms. The van der Waals surface area contributed by atoms with E-state index in [4.69, 9.17) is 0 Å². The van der Waals surface area contributed by atoms with Gasteiger partial charge in [-0.1, -0.05) is 44.2 Å². The van der Waals surface area contributed by atoms with Crippen LogP contribution in [0.4, 0.5) is 22.0 Å². The molecule has 0 radical (unpaired) electrons. The number of aliphatic hydroxyl groups is 1. The summed E-state index contributed by atoms with van der Waals surface area (Å²) in [6, 6.07) is 17.5. The number of rotatable bonds is 7. The number of aromatic amines is 1. The molecule has 2 amide bonds. The molecule has 1 unspecified atom stereocenters. The normalized spacial score (nSPS) is 16.3. The highest BCUT2D eigenvalue weighted by molar-refractivity contribution is 6.00. The summed E-state index contributed by atoms with van der Waals surface area (Å²) in [5.41, 5.74) is 4.50. The van der Waals surface area contributed by atoms with Crippen LogP contribution in [0.5, 0.6) is 0 Å². The number of amides is 2. The molecule has 3 heterocycles. The van der Waals surface area contributed by atoms with Gasteiger partial charge in [-0.2, -0.15) is 0 Å². The molecular weight excluding hydrogens is 466 g/mol. The topological polar surface area (TPSA) is 109 Å². The summed E-state index contributed by atoms with van der Waals surface area (Å²) in [7, 11) is 0. The molecule has 0 saturated carbocycles. The first kappa shape index (κ1) is 24.7. The van der Waals surface area contributed by atoms with Gasteiger partial charge in [0.25, 0.3) is 0 Å². The van der Waals surface area contributed by atoms with E-state index in [2.05, 4.69) is 55.3 Å². The van der Waals surface area contributed by atoms with Crippen molar-refractivity contribution in [3.8, 4) is 0 Å². The average molecular weight is 500 g/mol. The molecule has 1 aliphatic heterocycles. The quantitative estimate of drug-likeness (QED) is 0.296. The number of nitrogens with zero attached hydrogens (tertiary/aromatic N) is 4. The Morgan fingerprint density at radius 3 is 2.81 bits per heavy atom. The highest BCUT2D eigenvalue weighted by Gasteiger charge is 2.29. The smallest absolute Gasteiger partial charge is 0.323 e.